The Morgan fingerprint density at radius 3 is 2.04 bits per heavy atom. The third kappa shape index (κ3) is 3.94. The summed E-state index contributed by atoms with van der Waals surface area (Å²) in [5, 5.41) is 10.5. The predicted octanol–water partition coefficient (Wildman–Crippen LogP) is 4.25. The number of ether oxygens (including phenoxy) is 2. The summed E-state index contributed by atoms with van der Waals surface area (Å²) in [4.78, 5) is 24.7. The van der Waals surface area contributed by atoms with E-state index in [0.29, 0.717) is 24.0 Å². The standard InChI is InChI=1S/C18H20O5S/c1-3-10-22-17(20)15-13(12-8-6-5-7-9-12)14(19)16(24-15)18(21)23-11-4-2/h5-9,19H,3-4,10-11H2,1-2H3. The van der Waals surface area contributed by atoms with E-state index in [0.717, 1.165) is 11.3 Å². The molecule has 24 heavy (non-hydrogen) atoms. The first-order chi connectivity index (χ1) is 11.6. The van der Waals surface area contributed by atoms with Crippen molar-refractivity contribution >= 4 is 23.3 Å². The van der Waals surface area contributed by atoms with Gasteiger partial charge in [-0.2, -0.15) is 0 Å². The molecule has 0 saturated carbocycles. The lowest BCUT2D eigenvalue weighted by molar-refractivity contribution is 0.0501. The van der Waals surface area contributed by atoms with E-state index < -0.39 is 11.9 Å². The molecule has 5 nitrogen and oxygen atoms in total. The number of esters is 2. The van der Waals surface area contributed by atoms with Crippen LogP contribution in [0, 0.1) is 0 Å². The normalized spacial score (nSPS) is 10.4. The molecular formula is C18H20O5S. The van der Waals surface area contributed by atoms with Gasteiger partial charge in [0.15, 0.2) is 4.88 Å². The fourth-order valence-electron chi connectivity index (χ4n) is 2.10. The van der Waals surface area contributed by atoms with Crippen LogP contribution in [0.1, 0.15) is 46.0 Å². The fourth-order valence-corrected chi connectivity index (χ4v) is 3.10. The molecule has 1 N–H and O–H groups in total. The summed E-state index contributed by atoms with van der Waals surface area (Å²) in [6.07, 6.45) is 1.37. The van der Waals surface area contributed by atoms with Crippen LogP contribution in [0.25, 0.3) is 11.1 Å². The number of rotatable bonds is 7. The van der Waals surface area contributed by atoms with E-state index in [1.54, 1.807) is 24.3 Å². The Labute approximate surface area is 144 Å². The number of thiophene rings is 1. The maximum Gasteiger partial charge on any atom is 0.352 e. The Kier molecular flexibility index (Phi) is 6.37. The molecule has 2 rings (SSSR count). The number of carbonyl (C=O) groups is 2. The predicted molar refractivity (Wildman–Crippen MR) is 92.6 cm³/mol. The summed E-state index contributed by atoms with van der Waals surface area (Å²) >= 11 is 0.899. The Hall–Kier alpha value is -2.34. The lowest BCUT2D eigenvalue weighted by Crippen LogP contribution is -2.05. The van der Waals surface area contributed by atoms with Crippen molar-refractivity contribution in [2.45, 2.75) is 26.7 Å². The summed E-state index contributed by atoms with van der Waals surface area (Å²) in [5.41, 5.74) is 0.953. The number of benzene rings is 1. The van der Waals surface area contributed by atoms with E-state index in [-0.39, 0.29) is 28.7 Å². The van der Waals surface area contributed by atoms with Crippen LogP contribution in [-0.2, 0) is 9.47 Å². The van der Waals surface area contributed by atoms with Crippen molar-refractivity contribution in [3.8, 4) is 16.9 Å². The van der Waals surface area contributed by atoms with Crippen molar-refractivity contribution in [3.05, 3.63) is 40.1 Å². The topological polar surface area (TPSA) is 72.8 Å². The minimum Gasteiger partial charge on any atom is -0.505 e. The second-order valence-corrected chi connectivity index (χ2v) is 6.14. The zero-order valence-electron chi connectivity index (χ0n) is 13.7. The molecule has 1 aromatic carbocycles. The van der Waals surface area contributed by atoms with Crippen molar-refractivity contribution in [1.82, 2.24) is 0 Å². The van der Waals surface area contributed by atoms with Crippen molar-refractivity contribution in [3.63, 3.8) is 0 Å². The molecule has 0 atom stereocenters. The smallest absolute Gasteiger partial charge is 0.352 e. The van der Waals surface area contributed by atoms with Crippen LogP contribution < -0.4 is 0 Å². The van der Waals surface area contributed by atoms with Crippen molar-refractivity contribution in [1.29, 1.82) is 0 Å². The Morgan fingerprint density at radius 2 is 1.50 bits per heavy atom. The molecular weight excluding hydrogens is 328 g/mol. The molecule has 0 aliphatic carbocycles. The molecule has 0 fully saturated rings. The van der Waals surface area contributed by atoms with Crippen LogP contribution in [0.4, 0.5) is 0 Å². The van der Waals surface area contributed by atoms with Gasteiger partial charge in [-0.1, -0.05) is 44.2 Å². The molecule has 0 spiro atoms. The molecule has 0 aliphatic rings. The summed E-state index contributed by atoms with van der Waals surface area (Å²) < 4.78 is 10.3. The van der Waals surface area contributed by atoms with Crippen LogP contribution in [0.15, 0.2) is 30.3 Å². The van der Waals surface area contributed by atoms with E-state index >= 15 is 0 Å². The van der Waals surface area contributed by atoms with Crippen LogP contribution in [0.2, 0.25) is 0 Å². The molecule has 1 aromatic heterocycles. The summed E-state index contributed by atoms with van der Waals surface area (Å²) in [6.45, 7) is 4.31. The molecule has 0 saturated heterocycles. The summed E-state index contributed by atoms with van der Waals surface area (Å²) in [6, 6.07) is 8.95. The van der Waals surface area contributed by atoms with E-state index in [4.69, 9.17) is 9.47 Å². The average molecular weight is 348 g/mol. The minimum absolute atomic E-state index is 0.0192. The van der Waals surface area contributed by atoms with Gasteiger partial charge in [0.1, 0.15) is 10.6 Å². The molecule has 2 aromatic rings. The van der Waals surface area contributed by atoms with Crippen molar-refractivity contribution in [2.75, 3.05) is 13.2 Å². The SMILES string of the molecule is CCCOC(=O)c1sc(C(=O)OCCC)c(-c2ccccc2)c1O. The molecule has 1 heterocycles. The first-order valence-corrected chi connectivity index (χ1v) is 8.67. The fraction of sp³-hybridized carbons (Fsp3) is 0.333. The number of hydrogen-bond acceptors (Lipinski definition) is 6. The van der Waals surface area contributed by atoms with Gasteiger partial charge < -0.3 is 14.6 Å². The van der Waals surface area contributed by atoms with Crippen LogP contribution >= 0.6 is 11.3 Å². The Morgan fingerprint density at radius 1 is 0.958 bits per heavy atom. The zero-order valence-corrected chi connectivity index (χ0v) is 14.5. The Bertz CT molecular complexity index is 706. The average Bonchev–Trinajstić information content (AvgIpc) is 2.95. The first-order valence-electron chi connectivity index (χ1n) is 7.85. The van der Waals surface area contributed by atoms with Gasteiger partial charge in [0.25, 0.3) is 0 Å². The maximum atomic E-state index is 12.3. The highest BCUT2D eigenvalue weighted by Gasteiger charge is 2.28. The van der Waals surface area contributed by atoms with Gasteiger partial charge in [0.2, 0.25) is 0 Å². The van der Waals surface area contributed by atoms with Crippen LogP contribution in [0.5, 0.6) is 5.75 Å². The molecule has 0 aliphatic heterocycles. The van der Waals surface area contributed by atoms with Gasteiger partial charge in [-0.3, -0.25) is 0 Å². The lowest BCUT2D eigenvalue weighted by Gasteiger charge is -2.05. The largest absolute Gasteiger partial charge is 0.505 e. The highest BCUT2D eigenvalue weighted by atomic mass is 32.1. The van der Waals surface area contributed by atoms with Crippen LogP contribution in [0.3, 0.4) is 0 Å². The third-order valence-corrected chi connectivity index (χ3v) is 4.33. The second-order valence-electron chi connectivity index (χ2n) is 5.12. The monoisotopic (exact) mass is 348 g/mol. The van der Waals surface area contributed by atoms with Gasteiger partial charge in [0.05, 0.1) is 13.2 Å². The highest BCUT2D eigenvalue weighted by Crippen LogP contribution is 2.42. The molecule has 128 valence electrons. The van der Waals surface area contributed by atoms with E-state index in [2.05, 4.69) is 0 Å². The number of carbonyl (C=O) groups excluding carboxylic acids is 2. The van der Waals surface area contributed by atoms with E-state index in [1.807, 2.05) is 19.9 Å². The Balaban J connectivity index is 2.47. The highest BCUT2D eigenvalue weighted by molar-refractivity contribution is 7.16. The maximum absolute atomic E-state index is 12.3. The number of hydrogen-bond donors (Lipinski definition) is 1. The third-order valence-electron chi connectivity index (χ3n) is 3.19. The van der Waals surface area contributed by atoms with Gasteiger partial charge >= 0.3 is 11.9 Å². The quantitative estimate of drug-likeness (QED) is 0.757. The minimum atomic E-state index is -0.633. The summed E-state index contributed by atoms with van der Waals surface area (Å²) in [5.74, 6) is -1.42. The van der Waals surface area contributed by atoms with E-state index in [1.165, 1.54) is 0 Å². The van der Waals surface area contributed by atoms with Gasteiger partial charge in [0, 0.05) is 5.56 Å². The first kappa shape index (κ1) is 18.0. The molecule has 0 radical (unpaired) electrons. The zero-order chi connectivity index (χ0) is 17.5. The van der Waals surface area contributed by atoms with Crippen molar-refractivity contribution < 1.29 is 24.2 Å². The molecule has 0 unspecified atom stereocenters. The summed E-state index contributed by atoms with van der Waals surface area (Å²) in [7, 11) is 0. The van der Waals surface area contributed by atoms with Gasteiger partial charge in [-0.05, 0) is 18.4 Å². The number of aromatic hydroxyl groups is 1. The molecule has 6 heteroatoms. The van der Waals surface area contributed by atoms with Crippen molar-refractivity contribution in [2.24, 2.45) is 0 Å². The van der Waals surface area contributed by atoms with E-state index in [9.17, 15) is 14.7 Å². The lowest BCUT2D eigenvalue weighted by atomic mass is 10.1. The second kappa shape index (κ2) is 8.49. The van der Waals surface area contributed by atoms with Gasteiger partial charge in [-0.15, -0.1) is 11.3 Å². The molecule has 0 amide bonds. The van der Waals surface area contributed by atoms with Gasteiger partial charge in [-0.25, -0.2) is 9.59 Å². The van der Waals surface area contributed by atoms with Crippen LogP contribution in [-0.4, -0.2) is 30.3 Å². The molecule has 0 bridgehead atoms.